The molecule has 3 atom stereocenters. The second-order valence-corrected chi connectivity index (χ2v) is 8.56. The van der Waals surface area contributed by atoms with Crippen molar-refractivity contribution in [3.63, 3.8) is 0 Å². The van der Waals surface area contributed by atoms with Crippen molar-refractivity contribution in [3.05, 3.63) is 48.2 Å². The topological polar surface area (TPSA) is 120 Å². The van der Waals surface area contributed by atoms with E-state index in [9.17, 15) is 0 Å². The zero-order valence-corrected chi connectivity index (χ0v) is 17.6. The molecule has 0 amide bonds. The first-order valence-corrected chi connectivity index (χ1v) is 10.9. The summed E-state index contributed by atoms with van der Waals surface area (Å²) >= 11 is 0. The van der Waals surface area contributed by atoms with Crippen LogP contribution >= 0.6 is 0 Å². The predicted octanol–water partition coefficient (Wildman–Crippen LogP) is 3.80. The number of rotatable bonds is 4. The van der Waals surface area contributed by atoms with E-state index in [4.69, 9.17) is 9.78 Å². The van der Waals surface area contributed by atoms with Crippen LogP contribution in [0.1, 0.15) is 37.1 Å². The molecule has 0 aliphatic carbocycles. The van der Waals surface area contributed by atoms with Crippen LogP contribution in [-0.4, -0.2) is 43.2 Å². The summed E-state index contributed by atoms with van der Waals surface area (Å²) in [5.74, 6) is 2.04. The Hall–Kier alpha value is -3.93. The van der Waals surface area contributed by atoms with Gasteiger partial charge in [-0.15, -0.1) is 0 Å². The quantitative estimate of drug-likeness (QED) is 0.506. The number of aromatic amines is 1. The lowest BCUT2D eigenvalue weighted by Gasteiger charge is -2.40. The molecule has 0 aromatic carbocycles. The molecule has 6 rings (SSSR count). The fourth-order valence-electron chi connectivity index (χ4n) is 5.21. The molecule has 9 nitrogen and oxygen atoms in total. The fourth-order valence-corrected chi connectivity index (χ4v) is 5.21. The molecule has 2 aliphatic rings. The van der Waals surface area contributed by atoms with Crippen molar-refractivity contribution in [2.24, 2.45) is 0 Å². The maximum absolute atomic E-state index is 9.06. The van der Waals surface area contributed by atoms with Gasteiger partial charge in [-0.3, -0.25) is 0 Å². The van der Waals surface area contributed by atoms with Crippen molar-refractivity contribution >= 4 is 22.5 Å². The molecule has 9 heteroatoms. The number of nitrogens with one attached hydrogen (secondary N) is 2. The molecule has 2 aliphatic heterocycles. The van der Waals surface area contributed by atoms with E-state index in [1.54, 1.807) is 12.4 Å². The molecular weight excluding hydrogens is 404 g/mol. The van der Waals surface area contributed by atoms with Gasteiger partial charge < -0.3 is 19.7 Å². The van der Waals surface area contributed by atoms with E-state index in [2.05, 4.69) is 41.4 Å². The van der Waals surface area contributed by atoms with Gasteiger partial charge in [0.2, 0.25) is 0 Å². The first kappa shape index (κ1) is 18.8. The molecule has 0 radical (unpaired) electrons. The first-order chi connectivity index (χ1) is 15.7. The molecule has 0 spiro atoms. The van der Waals surface area contributed by atoms with Crippen LogP contribution in [0.2, 0.25) is 0 Å². The maximum Gasteiger partial charge on any atom is 0.261 e. The number of hydrogen-bond donors (Lipinski definition) is 2. The largest absolute Gasteiger partial charge is 0.381 e. The minimum absolute atomic E-state index is 0.311. The van der Waals surface area contributed by atoms with Crippen molar-refractivity contribution in [1.29, 1.82) is 5.26 Å². The Morgan fingerprint density at radius 3 is 2.69 bits per heavy atom. The molecule has 2 N–H and O–H groups in total. The van der Waals surface area contributed by atoms with Crippen molar-refractivity contribution in [3.8, 4) is 17.5 Å². The lowest BCUT2D eigenvalue weighted by molar-refractivity contribution is 0.424. The van der Waals surface area contributed by atoms with Crippen LogP contribution in [0, 0.1) is 18.3 Å². The minimum atomic E-state index is 0.311. The first-order valence-electron chi connectivity index (χ1n) is 10.9. The van der Waals surface area contributed by atoms with Gasteiger partial charge in [-0.1, -0.05) is 5.16 Å². The van der Waals surface area contributed by atoms with E-state index in [1.807, 2.05) is 31.3 Å². The van der Waals surface area contributed by atoms with E-state index in [0.717, 1.165) is 53.8 Å². The summed E-state index contributed by atoms with van der Waals surface area (Å²) in [6, 6.07) is 9.15. The number of piperidine rings is 1. The van der Waals surface area contributed by atoms with Crippen LogP contribution in [-0.2, 0) is 0 Å². The van der Waals surface area contributed by atoms with Gasteiger partial charge in [0.25, 0.3) is 5.89 Å². The normalized spacial score (nSPS) is 22.2. The number of nitriles is 1. The molecular formula is C23H22N8O. The van der Waals surface area contributed by atoms with Crippen molar-refractivity contribution in [2.45, 2.75) is 50.7 Å². The van der Waals surface area contributed by atoms with Crippen molar-refractivity contribution in [2.75, 3.05) is 10.2 Å². The van der Waals surface area contributed by atoms with Gasteiger partial charge >= 0.3 is 0 Å². The van der Waals surface area contributed by atoms with Crippen molar-refractivity contribution in [1.82, 2.24) is 25.1 Å². The van der Waals surface area contributed by atoms with Gasteiger partial charge in [-0.2, -0.15) is 10.2 Å². The number of fused-ring (bicyclic) bond motifs is 3. The summed E-state index contributed by atoms with van der Waals surface area (Å²) in [5.41, 5.74) is 3.22. The van der Waals surface area contributed by atoms with Crippen molar-refractivity contribution < 1.29 is 4.52 Å². The number of aromatic nitrogens is 5. The molecule has 2 saturated heterocycles. The Morgan fingerprint density at radius 2 is 2.00 bits per heavy atom. The molecule has 0 unspecified atom stereocenters. The van der Waals surface area contributed by atoms with Gasteiger partial charge in [0.1, 0.15) is 17.5 Å². The molecule has 2 fully saturated rings. The van der Waals surface area contributed by atoms with E-state index in [1.165, 1.54) is 0 Å². The van der Waals surface area contributed by atoms with Crippen LogP contribution < -0.4 is 10.2 Å². The highest BCUT2D eigenvalue weighted by atomic mass is 16.5. The van der Waals surface area contributed by atoms with E-state index < -0.39 is 0 Å². The summed E-state index contributed by atoms with van der Waals surface area (Å²) < 4.78 is 5.46. The molecule has 4 aromatic heterocycles. The summed E-state index contributed by atoms with van der Waals surface area (Å²) in [4.78, 5) is 19.1. The summed E-state index contributed by atoms with van der Waals surface area (Å²) in [6.45, 7) is 1.81. The Balaban J connectivity index is 1.29. The Labute approximate surface area is 184 Å². The fraction of sp³-hybridized carbons (Fsp3) is 0.348. The Morgan fingerprint density at radius 1 is 1.16 bits per heavy atom. The number of pyridine rings is 2. The highest BCUT2D eigenvalue weighted by Crippen LogP contribution is 2.41. The van der Waals surface area contributed by atoms with E-state index in [0.29, 0.717) is 35.4 Å². The highest BCUT2D eigenvalue weighted by molar-refractivity contribution is 5.97. The third-order valence-electron chi connectivity index (χ3n) is 6.57. The van der Waals surface area contributed by atoms with Gasteiger partial charge in [0.15, 0.2) is 5.82 Å². The van der Waals surface area contributed by atoms with Crippen LogP contribution in [0.5, 0.6) is 0 Å². The number of H-pyrrole nitrogens is 1. The van der Waals surface area contributed by atoms with Crippen LogP contribution in [0.3, 0.4) is 0 Å². The smallest absolute Gasteiger partial charge is 0.261 e. The number of aryl methyl sites for hydroxylation is 1. The summed E-state index contributed by atoms with van der Waals surface area (Å²) in [5, 5.41) is 17.8. The molecule has 0 saturated carbocycles. The zero-order valence-electron chi connectivity index (χ0n) is 17.6. The molecule has 2 bridgehead atoms. The molecule has 4 aromatic rings. The highest BCUT2D eigenvalue weighted by Gasteiger charge is 2.41. The summed E-state index contributed by atoms with van der Waals surface area (Å²) in [6.07, 6.45) is 9.67. The lowest BCUT2D eigenvalue weighted by atomic mass is 9.96. The average Bonchev–Trinajstić information content (AvgIpc) is 3.52. The number of hydrogen-bond acceptors (Lipinski definition) is 8. The van der Waals surface area contributed by atoms with E-state index >= 15 is 0 Å². The Bertz CT molecular complexity index is 1300. The molecule has 32 heavy (non-hydrogen) atoms. The minimum Gasteiger partial charge on any atom is -0.381 e. The SMILES string of the molecule is Cc1noc(-c2cnc3[nH]ccc3c2N[C@H]2C[C@H]3CC[C@@H](C2)N3c2ccc(C#N)cn2)n1. The standard InChI is InChI=1S/C23H22N8O/c1-13-28-23(32-30-13)19-12-27-22-18(6-7-25-22)21(19)29-15-8-16-3-4-17(9-15)31(16)20-5-2-14(10-24)11-26-20/h2,5-7,11-12,15-17H,3-4,8-9H2,1H3,(H2,25,27,29)/t15-,16+,17-. The molecule has 160 valence electrons. The average molecular weight is 426 g/mol. The molecule has 6 heterocycles. The zero-order chi connectivity index (χ0) is 21.7. The van der Waals surface area contributed by atoms with Crippen LogP contribution in [0.15, 0.2) is 41.3 Å². The third kappa shape index (κ3) is 3.07. The maximum atomic E-state index is 9.06. The summed E-state index contributed by atoms with van der Waals surface area (Å²) in [7, 11) is 0. The van der Waals surface area contributed by atoms with Gasteiger partial charge in [0.05, 0.1) is 16.8 Å². The van der Waals surface area contributed by atoms with Crippen LogP contribution in [0.25, 0.3) is 22.5 Å². The second kappa shape index (κ2) is 7.34. The second-order valence-electron chi connectivity index (χ2n) is 8.56. The number of nitrogens with zero attached hydrogens (tertiary/aromatic N) is 6. The third-order valence-corrected chi connectivity index (χ3v) is 6.57. The Kier molecular flexibility index (Phi) is 4.31. The van der Waals surface area contributed by atoms with Gasteiger partial charge in [-0.05, 0) is 50.8 Å². The van der Waals surface area contributed by atoms with Gasteiger partial charge in [0, 0.05) is 42.1 Å². The van der Waals surface area contributed by atoms with Gasteiger partial charge in [-0.25, -0.2) is 9.97 Å². The number of anilines is 2. The van der Waals surface area contributed by atoms with Crippen LogP contribution in [0.4, 0.5) is 11.5 Å². The predicted molar refractivity (Wildman–Crippen MR) is 119 cm³/mol. The lowest BCUT2D eigenvalue weighted by Crippen LogP contribution is -2.47. The van der Waals surface area contributed by atoms with E-state index in [-0.39, 0.29) is 0 Å². The monoisotopic (exact) mass is 426 g/mol.